The number of para-hydroxylation sites is 1. The number of morpholine rings is 1. The van der Waals surface area contributed by atoms with Crippen LogP contribution in [0.3, 0.4) is 0 Å². The van der Waals surface area contributed by atoms with E-state index in [0.29, 0.717) is 6.54 Å². The maximum absolute atomic E-state index is 6.07. The zero-order valence-corrected chi connectivity index (χ0v) is 16.7. The van der Waals surface area contributed by atoms with E-state index in [1.165, 1.54) is 5.56 Å². The summed E-state index contributed by atoms with van der Waals surface area (Å²) < 4.78 is 16.4. The summed E-state index contributed by atoms with van der Waals surface area (Å²) in [6.45, 7) is 4.92. The van der Waals surface area contributed by atoms with Gasteiger partial charge >= 0.3 is 0 Å². The molecule has 1 aliphatic heterocycles. The van der Waals surface area contributed by atoms with Gasteiger partial charge in [0.15, 0.2) is 11.5 Å². The molecule has 0 saturated carbocycles. The van der Waals surface area contributed by atoms with Crippen LogP contribution in [0.4, 0.5) is 0 Å². The molecule has 1 saturated heterocycles. The molecule has 2 aromatic carbocycles. The van der Waals surface area contributed by atoms with Crippen LogP contribution in [0.5, 0.6) is 11.5 Å². The smallest absolute Gasteiger partial charge is 0.165 e. The summed E-state index contributed by atoms with van der Waals surface area (Å²) in [5, 5.41) is 4.35. The number of ether oxygens (including phenoxy) is 3. The number of nitrogens with one attached hydrogen (secondary N) is 1. The fourth-order valence-electron chi connectivity index (χ4n) is 3.47. The zero-order chi connectivity index (χ0) is 19.1. The van der Waals surface area contributed by atoms with E-state index < -0.39 is 0 Å². The highest BCUT2D eigenvalue weighted by molar-refractivity contribution is 6.30. The third kappa shape index (κ3) is 5.14. The Morgan fingerprint density at radius 2 is 1.81 bits per heavy atom. The molecule has 0 aliphatic carbocycles. The highest BCUT2D eigenvalue weighted by atomic mass is 35.5. The maximum Gasteiger partial charge on any atom is 0.165 e. The summed E-state index contributed by atoms with van der Waals surface area (Å²) in [7, 11) is 3.33. The molecule has 0 bridgehead atoms. The first kappa shape index (κ1) is 20.0. The summed E-state index contributed by atoms with van der Waals surface area (Å²) in [5.41, 5.74) is 2.33. The van der Waals surface area contributed by atoms with Gasteiger partial charge < -0.3 is 19.5 Å². The number of hydrogen-bond acceptors (Lipinski definition) is 5. The first-order valence-electron chi connectivity index (χ1n) is 9.20. The Kier molecular flexibility index (Phi) is 7.35. The van der Waals surface area contributed by atoms with Crippen LogP contribution >= 0.6 is 11.6 Å². The van der Waals surface area contributed by atoms with Gasteiger partial charge in [0, 0.05) is 42.8 Å². The largest absolute Gasteiger partial charge is 0.493 e. The molecule has 1 atom stereocenters. The lowest BCUT2D eigenvalue weighted by atomic mass is 10.0. The minimum absolute atomic E-state index is 0.266. The lowest BCUT2D eigenvalue weighted by molar-refractivity contribution is 0.0161. The van der Waals surface area contributed by atoms with Crippen molar-refractivity contribution in [2.45, 2.75) is 12.6 Å². The molecule has 6 heteroatoms. The molecule has 0 amide bonds. The molecule has 146 valence electrons. The molecule has 3 rings (SSSR count). The number of rotatable bonds is 8. The van der Waals surface area contributed by atoms with Crippen LogP contribution in [0.25, 0.3) is 0 Å². The number of methoxy groups -OCH3 is 2. The zero-order valence-electron chi connectivity index (χ0n) is 15.9. The van der Waals surface area contributed by atoms with Gasteiger partial charge in [-0.2, -0.15) is 0 Å². The van der Waals surface area contributed by atoms with Gasteiger partial charge in [0.25, 0.3) is 0 Å². The lowest BCUT2D eigenvalue weighted by Gasteiger charge is -2.35. The van der Waals surface area contributed by atoms with Crippen molar-refractivity contribution in [3.05, 3.63) is 58.6 Å². The highest BCUT2D eigenvalue weighted by Crippen LogP contribution is 2.30. The second-order valence-electron chi connectivity index (χ2n) is 6.50. The van der Waals surface area contributed by atoms with Crippen LogP contribution < -0.4 is 14.8 Å². The molecule has 1 aliphatic rings. The van der Waals surface area contributed by atoms with Gasteiger partial charge in [-0.25, -0.2) is 0 Å². The Morgan fingerprint density at radius 3 is 2.48 bits per heavy atom. The third-order valence-electron chi connectivity index (χ3n) is 4.88. The van der Waals surface area contributed by atoms with Crippen molar-refractivity contribution >= 4 is 11.6 Å². The van der Waals surface area contributed by atoms with Gasteiger partial charge in [0.05, 0.1) is 27.4 Å². The minimum Gasteiger partial charge on any atom is -0.493 e. The summed E-state index contributed by atoms with van der Waals surface area (Å²) in [6.07, 6.45) is 0. The third-order valence-corrected chi connectivity index (χ3v) is 5.13. The van der Waals surface area contributed by atoms with Crippen molar-refractivity contribution in [3.8, 4) is 11.5 Å². The van der Waals surface area contributed by atoms with Crippen LogP contribution in [0.1, 0.15) is 17.2 Å². The molecular formula is C21H27ClN2O3. The van der Waals surface area contributed by atoms with Crippen molar-refractivity contribution in [1.29, 1.82) is 0 Å². The van der Waals surface area contributed by atoms with Crippen LogP contribution in [-0.4, -0.2) is 52.0 Å². The van der Waals surface area contributed by atoms with Crippen LogP contribution in [0.2, 0.25) is 5.02 Å². The van der Waals surface area contributed by atoms with Gasteiger partial charge in [-0.15, -0.1) is 0 Å². The van der Waals surface area contributed by atoms with Gasteiger partial charge in [0.1, 0.15) is 0 Å². The summed E-state index contributed by atoms with van der Waals surface area (Å²) in [4.78, 5) is 2.46. The molecule has 27 heavy (non-hydrogen) atoms. The predicted molar refractivity (Wildman–Crippen MR) is 108 cm³/mol. The predicted octanol–water partition coefficient (Wildman–Crippen LogP) is 3.52. The van der Waals surface area contributed by atoms with Crippen LogP contribution in [0.15, 0.2) is 42.5 Å². The van der Waals surface area contributed by atoms with E-state index in [9.17, 15) is 0 Å². The van der Waals surface area contributed by atoms with Crippen molar-refractivity contribution in [2.24, 2.45) is 0 Å². The molecule has 0 aromatic heterocycles. The van der Waals surface area contributed by atoms with Crippen molar-refractivity contribution in [2.75, 3.05) is 47.1 Å². The Labute approximate surface area is 166 Å². The van der Waals surface area contributed by atoms with Gasteiger partial charge in [0.2, 0.25) is 0 Å². The average molecular weight is 391 g/mol. The quantitative estimate of drug-likeness (QED) is 0.747. The van der Waals surface area contributed by atoms with E-state index in [0.717, 1.165) is 54.9 Å². The number of benzene rings is 2. The van der Waals surface area contributed by atoms with Crippen molar-refractivity contribution in [3.63, 3.8) is 0 Å². The molecule has 0 spiro atoms. The normalized spacial score (nSPS) is 16.1. The van der Waals surface area contributed by atoms with Crippen LogP contribution in [0, 0.1) is 0 Å². The van der Waals surface area contributed by atoms with E-state index in [-0.39, 0.29) is 6.04 Å². The van der Waals surface area contributed by atoms with Crippen LogP contribution in [-0.2, 0) is 11.3 Å². The number of halogens is 1. The second-order valence-corrected chi connectivity index (χ2v) is 6.94. The molecule has 1 N–H and O–H groups in total. The standard InChI is InChI=1S/C21H27ClN2O3/c1-25-20-5-3-4-17(21(20)26-2)14-23-15-19(24-10-12-27-13-11-24)16-6-8-18(22)9-7-16/h3-9,19,23H,10-15H2,1-2H3. The highest BCUT2D eigenvalue weighted by Gasteiger charge is 2.22. The average Bonchev–Trinajstić information content (AvgIpc) is 2.72. The fourth-order valence-corrected chi connectivity index (χ4v) is 3.59. The van der Waals surface area contributed by atoms with Gasteiger partial charge in [-0.05, 0) is 23.8 Å². The molecule has 1 heterocycles. The summed E-state index contributed by atoms with van der Waals surface area (Å²) in [5.74, 6) is 1.53. The fraction of sp³-hybridized carbons (Fsp3) is 0.429. The van der Waals surface area contributed by atoms with Crippen molar-refractivity contribution in [1.82, 2.24) is 10.2 Å². The molecular weight excluding hydrogens is 364 g/mol. The minimum atomic E-state index is 0.266. The monoisotopic (exact) mass is 390 g/mol. The first-order chi connectivity index (χ1) is 13.2. The molecule has 1 fully saturated rings. The lowest BCUT2D eigenvalue weighted by Crippen LogP contribution is -2.42. The number of nitrogens with zero attached hydrogens (tertiary/aromatic N) is 1. The molecule has 2 aromatic rings. The van der Waals surface area contributed by atoms with E-state index in [2.05, 4.69) is 28.4 Å². The molecule has 1 unspecified atom stereocenters. The Balaban J connectivity index is 1.70. The Morgan fingerprint density at radius 1 is 1.07 bits per heavy atom. The van der Waals surface area contributed by atoms with Gasteiger partial charge in [-0.3, -0.25) is 4.90 Å². The molecule has 0 radical (unpaired) electrons. The van der Waals surface area contributed by atoms with E-state index in [1.54, 1.807) is 14.2 Å². The molecule has 5 nitrogen and oxygen atoms in total. The SMILES string of the molecule is COc1cccc(CNCC(c2ccc(Cl)cc2)N2CCOCC2)c1OC. The second kappa shape index (κ2) is 9.95. The topological polar surface area (TPSA) is 43.0 Å². The Hall–Kier alpha value is -1.79. The number of hydrogen-bond donors (Lipinski definition) is 1. The van der Waals surface area contributed by atoms with Crippen molar-refractivity contribution < 1.29 is 14.2 Å². The Bertz CT molecular complexity index is 718. The van der Waals surface area contributed by atoms with Gasteiger partial charge in [-0.1, -0.05) is 35.9 Å². The first-order valence-corrected chi connectivity index (χ1v) is 9.58. The maximum atomic E-state index is 6.07. The van der Waals surface area contributed by atoms with E-state index in [1.807, 2.05) is 24.3 Å². The summed E-state index contributed by atoms with van der Waals surface area (Å²) >= 11 is 6.07. The van der Waals surface area contributed by atoms with E-state index in [4.69, 9.17) is 25.8 Å². The van der Waals surface area contributed by atoms with E-state index >= 15 is 0 Å². The summed E-state index contributed by atoms with van der Waals surface area (Å²) in [6, 6.07) is 14.3.